The second kappa shape index (κ2) is 6.57. The quantitative estimate of drug-likeness (QED) is 0.747. The molecular weight excluding hydrogens is 260 g/mol. The zero-order chi connectivity index (χ0) is 14.5. The summed E-state index contributed by atoms with van der Waals surface area (Å²) >= 11 is 0. The lowest BCUT2D eigenvalue weighted by Crippen LogP contribution is -2.05. The van der Waals surface area contributed by atoms with Crippen molar-refractivity contribution in [2.24, 2.45) is 0 Å². The topological polar surface area (TPSA) is 26.2 Å². The van der Waals surface area contributed by atoms with Gasteiger partial charge in [0.05, 0.1) is 12.1 Å². The zero-order valence-electron chi connectivity index (χ0n) is 12.3. The van der Waals surface area contributed by atoms with Gasteiger partial charge in [0.1, 0.15) is 6.73 Å². The molecule has 0 unspecified atom stereocenters. The van der Waals surface area contributed by atoms with Crippen molar-refractivity contribution < 1.29 is 4.74 Å². The van der Waals surface area contributed by atoms with Crippen molar-refractivity contribution >= 4 is 10.9 Å². The molecule has 1 aromatic heterocycles. The molecule has 21 heavy (non-hydrogen) atoms. The molecule has 3 rings (SSSR count). The molecule has 3 nitrogen and oxygen atoms in total. The standard InChI is InChI=1S/C18H20N2O/c1-19-12-16-7-8-17-9-10-20(18(17)11-16)14-21-13-15-5-3-2-4-6-15/h2-11,19H,12-14H2,1H3. The van der Waals surface area contributed by atoms with Crippen molar-refractivity contribution in [2.75, 3.05) is 7.05 Å². The molecule has 3 heteroatoms. The van der Waals surface area contributed by atoms with E-state index >= 15 is 0 Å². The van der Waals surface area contributed by atoms with Crippen LogP contribution in [0.4, 0.5) is 0 Å². The van der Waals surface area contributed by atoms with E-state index in [1.54, 1.807) is 0 Å². The van der Waals surface area contributed by atoms with Gasteiger partial charge in [-0.1, -0.05) is 42.5 Å². The van der Waals surface area contributed by atoms with Gasteiger partial charge in [0.2, 0.25) is 0 Å². The summed E-state index contributed by atoms with van der Waals surface area (Å²) in [4.78, 5) is 0. The molecule has 108 valence electrons. The van der Waals surface area contributed by atoms with Crippen molar-refractivity contribution in [1.29, 1.82) is 0 Å². The molecule has 0 saturated carbocycles. The summed E-state index contributed by atoms with van der Waals surface area (Å²) in [6.07, 6.45) is 2.08. The van der Waals surface area contributed by atoms with Gasteiger partial charge in [0.15, 0.2) is 0 Å². The monoisotopic (exact) mass is 280 g/mol. The molecule has 0 bridgehead atoms. The van der Waals surface area contributed by atoms with Gasteiger partial charge in [0.25, 0.3) is 0 Å². The highest BCUT2D eigenvalue weighted by atomic mass is 16.5. The largest absolute Gasteiger partial charge is 0.356 e. The minimum Gasteiger partial charge on any atom is -0.356 e. The normalized spacial score (nSPS) is 11.1. The van der Waals surface area contributed by atoms with E-state index in [1.165, 1.54) is 22.0 Å². The van der Waals surface area contributed by atoms with Gasteiger partial charge in [0, 0.05) is 12.7 Å². The molecule has 0 atom stereocenters. The van der Waals surface area contributed by atoms with Crippen molar-refractivity contribution in [3.8, 4) is 0 Å². The van der Waals surface area contributed by atoms with Crippen LogP contribution < -0.4 is 5.32 Å². The first kappa shape index (κ1) is 13.9. The molecule has 0 aliphatic carbocycles. The van der Waals surface area contributed by atoms with Crippen LogP contribution in [0.2, 0.25) is 0 Å². The van der Waals surface area contributed by atoms with Gasteiger partial charge in [-0.15, -0.1) is 0 Å². The SMILES string of the molecule is CNCc1ccc2ccn(COCc3ccccc3)c2c1. The summed E-state index contributed by atoms with van der Waals surface area (Å²) in [5, 5.41) is 4.43. The van der Waals surface area contributed by atoms with Crippen molar-refractivity contribution in [1.82, 2.24) is 9.88 Å². The fraction of sp³-hybridized carbons (Fsp3) is 0.222. The Morgan fingerprint density at radius 2 is 1.86 bits per heavy atom. The van der Waals surface area contributed by atoms with Gasteiger partial charge >= 0.3 is 0 Å². The molecule has 2 aromatic carbocycles. The molecule has 0 radical (unpaired) electrons. The Morgan fingerprint density at radius 3 is 2.67 bits per heavy atom. The third-order valence-electron chi connectivity index (χ3n) is 3.56. The van der Waals surface area contributed by atoms with Crippen LogP contribution in [-0.2, 0) is 24.6 Å². The molecular formula is C18H20N2O. The highest BCUT2D eigenvalue weighted by Gasteiger charge is 2.02. The van der Waals surface area contributed by atoms with Crippen molar-refractivity contribution in [3.63, 3.8) is 0 Å². The minimum absolute atomic E-state index is 0.571. The number of aromatic nitrogens is 1. The highest BCUT2D eigenvalue weighted by Crippen LogP contribution is 2.18. The molecule has 0 aliphatic heterocycles. The third kappa shape index (κ3) is 3.32. The molecule has 1 N–H and O–H groups in total. The van der Waals surface area contributed by atoms with Crippen LogP contribution in [0.25, 0.3) is 10.9 Å². The van der Waals surface area contributed by atoms with Crippen LogP contribution in [0.3, 0.4) is 0 Å². The summed E-state index contributed by atoms with van der Waals surface area (Å²) in [5.74, 6) is 0. The smallest absolute Gasteiger partial charge is 0.123 e. The van der Waals surface area contributed by atoms with Crippen LogP contribution in [0.15, 0.2) is 60.8 Å². The van der Waals surface area contributed by atoms with Gasteiger partial charge in [-0.2, -0.15) is 0 Å². The van der Waals surface area contributed by atoms with E-state index in [1.807, 2.05) is 25.2 Å². The molecule has 3 aromatic rings. The van der Waals surface area contributed by atoms with E-state index in [4.69, 9.17) is 4.74 Å². The van der Waals surface area contributed by atoms with Crippen LogP contribution in [-0.4, -0.2) is 11.6 Å². The van der Waals surface area contributed by atoms with E-state index < -0.39 is 0 Å². The fourth-order valence-corrected chi connectivity index (χ4v) is 2.49. The third-order valence-corrected chi connectivity index (χ3v) is 3.56. The van der Waals surface area contributed by atoms with Gasteiger partial charge in [-0.05, 0) is 35.7 Å². The zero-order valence-corrected chi connectivity index (χ0v) is 12.3. The summed E-state index contributed by atoms with van der Waals surface area (Å²) in [6, 6.07) is 18.9. The summed E-state index contributed by atoms with van der Waals surface area (Å²) in [6.45, 7) is 2.09. The van der Waals surface area contributed by atoms with Gasteiger partial charge in [-0.3, -0.25) is 0 Å². The lowest BCUT2D eigenvalue weighted by molar-refractivity contribution is 0.0668. The Bertz CT molecular complexity index is 704. The van der Waals surface area contributed by atoms with Crippen molar-refractivity contribution in [3.05, 3.63) is 71.9 Å². The Balaban J connectivity index is 1.70. The highest BCUT2D eigenvalue weighted by molar-refractivity contribution is 5.80. The second-order valence-electron chi connectivity index (χ2n) is 5.17. The van der Waals surface area contributed by atoms with Crippen LogP contribution >= 0.6 is 0 Å². The minimum atomic E-state index is 0.571. The predicted octanol–water partition coefficient (Wildman–Crippen LogP) is 3.54. The number of nitrogens with zero attached hydrogens (tertiary/aromatic N) is 1. The number of fused-ring (bicyclic) bond motifs is 1. The number of ether oxygens (including phenoxy) is 1. The van der Waals surface area contributed by atoms with Gasteiger partial charge in [-0.25, -0.2) is 0 Å². The molecule has 0 amide bonds. The second-order valence-corrected chi connectivity index (χ2v) is 5.17. The fourth-order valence-electron chi connectivity index (χ4n) is 2.49. The Morgan fingerprint density at radius 1 is 1.00 bits per heavy atom. The maximum absolute atomic E-state index is 5.82. The molecule has 0 aliphatic rings. The Hall–Kier alpha value is -2.10. The number of hydrogen-bond acceptors (Lipinski definition) is 2. The molecule has 1 heterocycles. The lowest BCUT2D eigenvalue weighted by atomic mass is 10.1. The lowest BCUT2D eigenvalue weighted by Gasteiger charge is -2.08. The van der Waals surface area contributed by atoms with Crippen LogP contribution in [0, 0.1) is 0 Å². The molecule has 0 spiro atoms. The first-order valence-corrected chi connectivity index (χ1v) is 7.21. The first-order chi connectivity index (χ1) is 10.4. The Kier molecular flexibility index (Phi) is 4.34. The number of benzene rings is 2. The number of hydrogen-bond donors (Lipinski definition) is 1. The first-order valence-electron chi connectivity index (χ1n) is 7.21. The van der Waals surface area contributed by atoms with E-state index in [9.17, 15) is 0 Å². The number of nitrogens with one attached hydrogen (secondary N) is 1. The van der Waals surface area contributed by atoms with E-state index in [0.717, 1.165) is 6.54 Å². The summed E-state index contributed by atoms with van der Waals surface area (Å²) in [7, 11) is 1.96. The van der Waals surface area contributed by atoms with Crippen molar-refractivity contribution in [2.45, 2.75) is 19.9 Å². The predicted molar refractivity (Wildman–Crippen MR) is 85.9 cm³/mol. The van der Waals surface area contributed by atoms with E-state index in [2.05, 4.69) is 52.5 Å². The maximum atomic E-state index is 5.82. The maximum Gasteiger partial charge on any atom is 0.123 e. The molecule has 0 fully saturated rings. The van der Waals surface area contributed by atoms with E-state index in [-0.39, 0.29) is 0 Å². The summed E-state index contributed by atoms with van der Waals surface area (Å²) in [5.41, 5.74) is 3.70. The van der Waals surface area contributed by atoms with Gasteiger partial charge < -0.3 is 14.6 Å². The van der Waals surface area contributed by atoms with E-state index in [0.29, 0.717) is 13.3 Å². The summed E-state index contributed by atoms with van der Waals surface area (Å²) < 4.78 is 7.97. The average Bonchev–Trinajstić information content (AvgIpc) is 2.91. The Labute approximate surface area is 125 Å². The number of rotatable bonds is 6. The molecule has 0 saturated heterocycles. The van der Waals surface area contributed by atoms with Crippen LogP contribution in [0.5, 0.6) is 0 Å². The van der Waals surface area contributed by atoms with Crippen LogP contribution in [0.1, 0.15) is 11.1 Å². The average molecular weight is 280 g/mol.